The third-order valence-electron chi connectivity index (χ3n) is 2.51. The Morgan fingerprint density at radius 1 is 1.20 bits per heavy atom. The third kappa shape index (κ3) is 1.47. The number of halogens is 1. The second-order valence-electron chi connectivity index (χ2n) is 3.37. The molecule has 1 N–H and O–H groups in total. The number of phenolic OH excluding ortho intramolecular Hbond substituents is 1. The third-order valence-corrected chi connectivity index (χ3v) is 3.47. The number of methoxy groups -OCH3 is 1. The first-order chi connectivity index (χ1) is 7.16. The monoisotopic (exact) mass is 266 g/mol. The Bertz CT molecular complexity index is 521. The van der Waals surface area contributed by atoms with Crippen LogP contribution in [0.1, 0.15) is 5.56 Å². The summed E-state index contributed by atoms with van der Waals surface area (Å²) in [5.41, 5.74) is 0.797. The first-order valence-corrected chi connectivity index (χ1v) is 5.40. The Balaban J connectivity index is 2.98. The number of fused-ring (bicyclic) bond motifs is 1. The summed E-state index contributed by atoms with van der Waals surface area (Å²) in [5, 5.41) is 11.7. The Morgan fingerprint density at radius 3 is 2.40 bits per heavy atom. The highest BCUT2D eigenvalue weighted by Crippen LogP contribution is 2.42. The molecule has 0 bridgehead atoms. The summed E-state index contributed by atoms with van der Waals surface area (Å²) in [6.07, 6.45) is 0. The molecule has 0 aromatic heterocycles. The number of ether oxygens (including phenoxy) is 1. The van der Waals surface area contributed by atoms with Gasteiger partial charge in [0.05, 0.1) is 11.6 Å². The van der Waals surface area contributed by atoms with Gasteiger partial charge in [0.15, 0.2) is 0 Å². The summed E-state index contributed by atoms with van der Waals surface area (Å²) in [7, 11) is 1.63. The normalized spacial score (nSPS) is 10.6. The van der Waals surface area contributed by atoms with Gasteiger partial charge in [-0.25, -0.2) is 0 Å². The minimum atomic E-state index is 0.304. The second kappa shape index (κ2) is 3.74. The average molecular weight is 267 g/mol. The van der Waals surface area contributed by atoms with E-state index in [4.69, 9.17) is 4.74 Å². The van der Waals surface area contributed by atoms with Crippen molar-refractivity contribution in [2.45, 2.75) is 6.92 Å². The van der Waals surface area contributed by atoms with Crippen LogP contribution in [-0.4, -0.2) is 12.2 Å². The van der Waals surface area contributed by atoms with Crippen LogP contribution in [0.25, 0.3) is 10.8 Å². The maximum absolute atomic E-state index is 9.97. The highest BCUT2D eigenvalue weighted by molar-refractivity contribution is 9.10. The van der Waals surface area contributed by atoms with Crippen LogP contribution in [-0.2, 0) is 0 Å². The molecule has 0 amide bonds. The van der Waals surface area contributed by atoms with Crippen LogP contribution in [0.4, 0.5) is 0 Å². The van der Waals surface area contributed by atoms with Crippen molar-refractivity contribution in [2.75, 3.05) is 7.11 Å². The molecule has 0 saturated heterocycles. The molecule has 0 spiro atoms. The molecule has 2 rings (SSSR count). The molecule has 0 radical (unpaired) electrons. The van der Waals surface area contributed by atoms with Gasteiger partial charge in [-0.1, -0.05) is 24.3 Å². The zero-order chi connectivity index (χ0) is 11.0. The maximum atomic E-state index is 9.97. The summed E-state index contributed by atoms with van der Waals surface area (Å²) in [6, 6.07) is 7.63. The van der Waals surface area contributed by atoms with E-state index in [9.17, 15) is 5.11 Å². The fourth-order valence-corrected chi connectivity index (χ4v) is 2.24. The van der Waals surface area contributed by atoms with Crippen LogP contribution in [0.3, 0.4) is 0 Å². The lowest BCUT2D eigenvalue weighted by Crippen LogP contribution is -1.90. The van der Waals surface area contributed by atoms with E-state index < -0.39 is 0 Å². The quantitative estimate of drug-likeness (QED) is 0.855. The summed E-state index contributed by atoms with van der Waals surface area (Å²) in [5.74, 6) is 1.07. The second-order valence-corrected chi connectivity index (χ2v) is 4.16. The number of rotatable bonds is 1. The van der Waals surface area contributed by atoms with Crippen molar-refractivity contribution < 1.29 is 9.84 Å². The molecular formula is C12H11BrO2. The number of phenols is 1. The molecule has 0 fully saturated rings. The maximum Gasteiger partial charge on any atom is 0.141 e. The van der Waals surface area contributed by atoms with Gasteiger partial charge in [0.1, 0.15) is 11.5 Å². The molecule has 0 aliphatic carbocycles. The minimum absolute atomic E-state index is 0.304. The van der Waals surface area contributed by atoms with E-state index in [1.165, 1.54) is 0 Å². The smallest absolute Gasteiger partial charge is 0.141 e. The lowest BCUT2D eigenvalue weighted by molar-refractivity contribution is 0.414. The van der Waals surface area contributed by atoms with Gasteiger partial charge in [0, 0.05) is 16.3 Å². The molecule has 15 heavy (non-hydrogen) atoms. The Hall–Kier alpha value is -1.22. The molecule has 2 aromatic carbocycles. The number of aromatic hydroxyl groups is 1. The van der Waals surface area contributed by atoms with Crippen molar-refractivity contribution in [3.05, 3.63) is 34.3 Å². The van der Waals surface area contributed by atoms with Crippen LogP contribution < -0.4 is 4.74 Å². The highest BCUT2D eigenvalue weighted by Gasteiger charge is 2.14. The van der Waals surface area contributed by atoms with Crippen LogP contribution in [0.15, 0.2) is 28.7 Å². The number of hydrogen-bond donors (Lipinski definition) is 1. The average Bonchev–Trinajstić information content (AvgIpc) is 2.27. The van der Waals surface area contributed by atoms with Gasteiger partial charge in [-0.15, -0.1) is 0 Å². The lowest BCUT2D eigenvalue weighted by Gasteiger charge is -2.12. The van der Waals surface area contributed by atoms with Crippen molar-refractivity contribution >= 4 is 26.7 Å². The zero-order valence-corrected chi connectivity index (χ0v) is 10.1. The number of benzene rings is 2. The lowest BCUT2D eigenvalue weighted by atomic mass is 10.1. The van der Waals surface area contributed by atoms with Crippen molar-refractivity contribution in [1.82, 2.24) is 0 Å². The van der Waals surface area contributed by atoms with Gasteiger partial charge < -0.3 is 9.84 Å². The van der Waals surface area contributed by atoms with Crippen LogP contribution in [0.2, 0.25) is 0 Å². The first-order valence-electron chi connectivity index (χ1n) is 4.60. The largest absolute Gasteiger partial charge is 0.507 e. The highest BCUT2D eigenvalue weighted by atomic mass is 79.9. The molecule has 3 heteroatoms. The number of hydrogen-bond acceptors (Lipinski definition) is 2. The van der Waals surface area contributed by atoms with Gasteiger partial charge in [0.25, 0.3) is 0 Å². The fourth-order valence-electron chi connectivity index (χ4n) is 1.68. The summed E-state index contributed by atoms with van der Waals surface area (Å²) >= 11 is 3.43. The van der Waals surface area contributed by atoms with Gasteiger partial charge in [-0.3, -0.25) is 0 Å². The molecular weight excluding hydrogens is 256 g/mol. The van der Waals surface area contributed by atoms with Crippen molar-refractivity contribution in [1.29, 1.82) is 0 Å². The van der Waals surface area contributed by atoms with Gasteiger partial charge in [-0.2, -0.15) is 0 Å². The summed E-state index contributed by atoms with van der Waals surface area (Å²) in [6.45, 7) is 1.86. The minimum Gasteiger partial charge on any atom is -0.507 e. The van der Waals surface area contributed by atoms with E-state index in [0.29, 0.717) is 5.75 Å². The predicted molar refractivity (Wildman–Crippen MR) is 64.6 cm³/mol. The van der Waals surface area contributed by atoms with E-state index in [2.05, 4.69) is 15.9 Å². The molecule has 0 unspecified atom stereocenters. The van der Waals surface area contributed by atoms with Crippen molar-refractivity contribution in [3.8, 4) is 11.5 Å². The van der Waals surface area contributed by atoms with E-state index in [1.807, 2.05) is 31.2 Å². The Morgan fingerprint density at radius 2 is 1.80 bits per heavy atom. The molecule has 2 nitrogen and oxygen atoms in total. The standard InChI is InChI=1S/C12H11BrO2/c1-7-10(13)12(15-2)9-6-4-3-5-8(9)11(7)14/h3-6,14H,1-2H3. The van der Waals surface area contributed by atoms with Crippen LogP contribution in [0.5, 0.6) is 11.5 Å². The fraction of sp³-hybridized carbons (Fsp3) is 0.167. The van der Waals surface area contributed by atoms with Crippen molar-refractivity contribution in [3.63, 3.8) is 0 Å². The topological polar surface area (TPSA) is 29.5 Å². The van der Waals surface area contributed by atoms with Crippen LogP contribution in [0, 0.1) is 6.92 Å². The molecule has 0 atom stereocenters. The summed E-state index contributed by atoms with van der Waals surface area (Å²) < 4.78 is 6.14. The molecule has 0 aliphatic rings. The van der Waals surface area contributed by atoms with Gasteiger partial charge in [-0.05, 0) is 22.9 Å². The van der Waals surface area contributed by atoms with Gasteiger partial charge in [0.2, 0.25) is 0 Å². The van der Waals surface area contributed by atoms with E-state index in [1.54, 1.807) is 7.11 Å². The Labute approximate surface area is 96.6 Å². The van der Waals surface area contributed by atoms with Crippen molar-refractivity contribution in [2.24, 2.45) is 0 Å². The van der Waals surface area contributed by atoms with E-state index >= 15 is 0 Å². The predicted octanol–water partition coefficient (Wildman–Crippen LogP) is 3.62. The summed E-state index contributed by atoms with van der Waals surface area (Å²) in [4.78, 5) is 0. The Kier molecular flexibility index (Phi) is 2.57. The van der Waals surface area contributed by atoms with E-state index in [-0.39, 0.29) is 0 Å². The SMILES string of the molecule is COc1c(Br)c(C)c(O)c2ccccc12. The van der Waals surface area contributed by atoms with E-state index in [0.717, 1.165) is 26.6 Å². The molecule has 0 saturated carbocycles. The molecule has 2 aromatic rings. The first kappa shape index (κ1) is 10.3. The van der Waals surface area contributed by atoms with Gasteiger partial charge >= 0.3 is 0 Å². The molecule has 0 aliphatic heterocycles. The molecule has 78 valence electrons. The zero-order valence-electron chi connectivity index (χ0n) is 8.54. The molecule has 0 heterocycles. The van der Waals surface area contributed by atoms with Crippen LogP contribution >= 0.6 is 15.9 Å².